The summed E-state index contributed by atoms with van der Waals surface area (Å²) in [6.45, 7) is 3.68. The number of aromatic nitrogens is 1. The average Bonchev–Trinajstić information content (AvgIpc) is 2.75. The van der Waals surface area contributed by atoms with E-state index in [-0.39, 0.29) is 24.2 Å². The van der Waals surface area contributed by atoms with Crippen LogP contribution in [0.2, 0.25) is 0 Å². The summed E-state index contributed by atoms with van der Waals surface area (Å²) in [5.74, 6) is -1.25. The Bertz CT molecular complexity index is 614. The molecule has 118 valence electrons. The van der Waals surface area contributed by atoms with Crippen molar-refractivity contribution in [2.45, 2.75) is 45.3 Å². The Morgan fingerprint density at radius 1 is 1.50 bits per heavy atom. The molecule has 2 atom stereocenters. The number of primary amides is 1. The maximum Gasteiger partial charge on any atom is 0.310 e. The van der Waals surface area contributed by atoms with E-state index in [1.54, 1.807) is 29.8 Å². The van der Waals surface area contributed by atoms with Crippen molar-refractivity contribution in [2.24, 2.45) is 11.7 Å². The van der Waals surface area contributed by atoms with E-state index in [1.807, 2.05) is 6.92 Å². The highest BCUT2D eigenvalue weighted by molar-refractivity contribution is 5.92. The van der Waals surface area contributed by atoms with E-state index in [0.717, 1.165) is 12.8 Å². The van der Waals surface area contributed by atoms with Gasteiger partial charge in [-0.25, -0.2) is 0 Å². The van der Waals surface area contributed by atoms with Crippen molar-refractivity contribution < 1.29 is 23.7 Å². The molecule has 22 heavy (non-hydrogen) atoms. The molecule has 6 nitrogen and oxygen atoms in total. The first-order chi connectivity index (χ1) is 10.4. The van der Waals surface area contributed by atoms with Gasteiger partial charge < -0.3 is 10.5 Å². The van der Waals surface area contributed by atoms with Gasteiger partial charge in [-0.2, -0.15) is 4.57 Å². The minimum Gasteiger partial charge on any atom is -0.451 e. The molecule has 0 aliphatic carbocycles. The first-order valence-electron chi connectivity index (χ1n) is 7.41. The van der Waals surface area contributed by atoms with Crippen LogP contribution in [-0.2, 0) is 20.9 Å². The number of carbonyl (C=O) groups is 3. The van der Waals surface area contributed by atoms with Gasteiger partial charge in [0.2, 0.25) is 12.3 Å². The number of hydrogen-bond acceptors (Lipinski definition) is 4. The van der Waals surface area contributed by atoms with Crippen LogP contribution < -0.4 is 10.3 Å². The summed E-state index contributed by atoms with van der Waals surface area (Å²) < 4.78 is 6.91. The van der Waals surface area contributed by atoms with Crippen LogP contribution in [0, 0.1) is 5.92 Å². The fourth-order valence-electron chi connectivity index (χ4n) is 2.74. The predicted octanol–water partition coefficient (Wildman–Crippen LogP) is 0.764. The number of nitrogens with zero attached hydrogens (tertiary/aromatic N) is 1. The molecular formula is C16H21N2O4+. The minimum absolute atomic E-state index is 0.0315. The molecular weight excluding hydrogens is 284 g/mol. The van der Waals surface area contributed by atoms with Gasteiger partial charge in [0.25, 0.3) is 5.91 Å². The van der Waals surface area contributed by atoms with Crippen molar-refractivity contribution in [2.75, 3.05) is 0 Å². The quantitative estimate of drug-likeness (QED) is 0.620. The van der Waals surface area contributed by atoms with E-state index < -0.39 is 11.5 Å². The molecule has 1 fully saturated rings. The van der Waals surface area contributed by atoms with Gasteiger partial charge >= 0.3 is 5.97 Å². The van der Waals surface area contributed by atoms with Crippen molar-refractivity contribution in [3.8, 4) is 0 Å². The van der Waals surface area contributed by atoms with Gasteiger partial charge in [0.15, 0.2) is 18.0 Å². The van der Waals surface area contributed by atoms with E-state index in [0.29, 0.717) is 12.0 Å². The molecule has 2 unspecified atom stereocenters. The summed E-state index contributed by atoms with van der Waals surface area (Å²) in [5, 5.41) is 0. The molecule has 0 spiro atoms. The first kappa shape index (κ1) is 16.1. The van der Waals surface area contributed by atoms with E-state index in [1.165, 1.54) is 6.20 Å². The Morgan fingerprint density at radius 2 is 2.23 bits per heavy atom. The molecule has 2 heterocycles. The number of cyclic esters (lactones) is 1. The highest BCUT2D eigenvalue weighted by Gasteiger charge is 2.48. The normalized spacial score (nSPS) is 24.1. The number of pyridine rings is 1. The summed E-state index contributed by atoms with van der Waals surface area (Å²) >= 11 is 0. The van der Waals surface area contributed by atoms with Crippen molar-refractivity contribution in [3.63, 3.8) is 0 Å². The van der Waals surface area contributed by atoms with Crippen LogP contribution in [0.4, 0.5) is 0 Å². The zero-order valence-corrected chi connectivity index (χ0v) is 12.9. The van der Waals surface area contributed by atoms with Gasteiger partial charge in [0.1, 0.15) is 5.56 Å². The Hall–Kier alpha value is -2.24. The van der Waals surface area contributed by atoms with Gasteiger partial charge in [-0.3, -0.25) is 14.4 Å². The number of amides is 1. The van der Waals surface area contributed by atoms with Gasteiger partial charge in [0.05, 0.1) is 5.92 Å². The first-order valence-corrected chi connectivity index (χ1v) is 7.41. The summed E-state index contributed by atoms with van der Waals surface area (Å²) in [5.41, 5.74) is 4.46. The summed E-state index contributed by atoms with van der Waals surface area (Å²) in [6.07, 6.45) is 5.21. The third kappa shape index (κ3) is 3.32. The smallest absolute Gasteiger partial charge is 0.310 e. The Kier molecular flexibility index (Phi) is 4.59. The Labute approximate surface area is 129 Å². The highest BCUT2D eigenvalue weighted by atomic mass is 16.6. The molecule has 1 aromatic heterocycles. The lowest BCUT2D eigenvalue weighted by molar-refractivity contribution is -0.684. The molecule has 0 radical (unpaired) electrons. The van der Waals surface area contributed by atoms with Crippen LogP contribution in [0.3, 0.4) is 0 Å². The van der Waals surface area contributed by atoms with Crippen molar-refractivity contribution >= 4 is 17.7 Å². The van der Waals surface area contributed by atoms with E-state index in [4.69, 9.17) is 10.5 Å². The largest absolute Gasteiger partial charge is 0.451 e. The number of carbonyl (C=O) groups excluding carboxylic acids is 3. The Balaban J connectivity index is 2.10. The van der Waals surface area contributed by atoms with Gasteiger partial charge in [-0.15, -0.1) is 0 Å². The number of hydrogen-bond donors (Lipinski definition) is 1. The van der Waals surface area contributed by atoms with Crippen LogP contribution in [-0.4, -0.2) is 23.3 Å². The number of Topliss-reactive ketones (excluding diaryl/α,β-unsaturated/α-hetero) is 1. The Morgan fingerprint density at radius 3 is 2.86 bits per heavy atom. The lowest BCUT2D eigenvalue weighted by atomic mass is 9.89. The fourth-order valence-corrected chi connectivity index (χ4v) is 2.74. The lowest BCUT2D eigenvalue weighted by Gasteiger charge is -2.19. The van der Waals surface area contributed by atoms with E-state index >= 15 is 0 Å². The van der Waals surface area contributed by atoms with Gasteiger partial charge in [0, 0.05) is 12.5 Å². The SMILES string of the molecule is CCCC1CC(C)(C(=O)C[n+]2cccc(C(N)=O)c2)OC1=O. The van der Waals surface area contributed by atoms with E-state index in [9.17, 15) is 14.4 Å². The van der Waals surface area contributed by atoms with Crippen LogP contribution in [0.15, 0.2) is 24.5 Å². The number of nitrogens with two attached hydrogens (primary N) is 1. The second-order valence-electron chi connectivity index (χ2n) is 5.89. The summed E-state index contributed by atoms with van der Waals surface area (Å²) in [7, 11) is 0. The molecule has 0 bridgehead atoms. The van der Waals surface area contributed by atoms with Crippen LogP contribution in [0.1, 0.15) is 43.5 Å². The summed E-state index contributed by atoms with van der Waals surface area (Å²) in [4.78, 5) is 35.5. The third-order valence-electron chi connectivity index (χ3n) is 3.99. The number of ether oxygens (including phenoxy) is 1. The van der Waals surface area contributed by atoms with Crippen LogP contribution in [0.5, 0.6) is 0 Å². The fraction of sp³-hybridized carbons (Fsp3) is 0.500. The number of ketones is 1. The molecule has 1 aliphatic rings. The second kappa shape index (κ2) is 6.25. The molecule has 1 aliphatic heterocycles. The third-order valence-corrected chi connectivity index (χ3v) is 3.99. The molecule has 1 aromatic rings. The maximum absolute atomic E-state index is 12.5. The average molecular weight is 305 g/mol. The van der Waals surface area contributed by atoms with Crippen molar-refractivity contribution in [3.05, 3.63) is 30.1 Å². The van der Waals surface area contributed by atoms with Crippen LogP contribution in [0.25, 0.3) is 0 Å². The highest BCUT2D eigenvalue weighted by Crippen LogP contribution is 2.34. The maximum atomic E-state index is 12.5. The molecule has 1 saturated heterocycles. The van der Waals surface area contributed by atoms with Gasteiger partial charge in [-0.1, -0.05) is 13.3 Å². The zero-order chi connectivity index (χ0) is 16.3. The molecule has 0 aromatic carbocycles. The van der Waals surface area contributed by atoms with Gasteiger partial charge in [-0.05, 0) is 19.4 Å². The lowest BCUT2D eigenvalue weighted by Crippen LogP contribution is -2.47. The predicted molar refractivity (Wildman–Crippen MR) is 77.7 cm³/mol. The topological polar surface area (TPSA) is 90.3 Å². The summed E-state index contributed by atoms with van der Waals surface area (Å²) in [6, 6.07) is 3.23. The number of esters is 1. The van der Waals surface area contributed by atoms with Crippen molar-refractivity contribution in [1.29, 1.82) is 0 Å². The second-order valence-corrected chi connectivity index (χ2v) is 5.89. The molecule has 6 heteroatoms. The monoisotopic (exact) mass is 305 g/mol. The molecule has 2 N–H and O–H groups in total. The molecule has 1 amide bonds. The molecule has 0 saturated carbocycles. The van der Waals surface area contributed by atoms with E-state index in [2.05, 4.69) is 0 Å². The van der Waals surface area contributed by atoms with Crippen LogP contribution >= 0.6 is 0 Å². The van der Waals surface area contributed by atoms with Crippen molar-refractivity contribution in [1.82, 2.24) is 0 Å². The standard InChI is InChI=1S/C16H20N2O4/c1-3-5-11-8-16(2,22-15(11)21)13(19)10-18-7-4-6-12(9-18)14(17)20/h4,6-7,9,11H,3,5,8,10H2,1-2H3,(H-,17,20)/p+1. The molecule has 2 rings (SSSR count). The zero-order valence-electron chi connectivity index (χ0n) is 12.9. The number of rotatable bonds is 6. The minimum atomic E-state index is -1.09.